The second kappa shape index (κ2) is 10.1. The first-order chi connectivity index (χ1) is 15.5. The van der Waals surface area contributed by atoms with E-state index in [1.807, 2.05) is 67.6 Å². The van der Waals surface area contributed by atoms with Gasteiger partial charge >= 0.3 is 0 Å². The Morgan fingerprint density at radius 3 is 2.69 bits per heavy atom. The van der Waals surface area contributed by atoms with Crippen LogP contribution in [0.15, 0.2) is 81.2 Å². The van der Waals surface area contributed by atoms with Crippen molar-refractivity contribution in [1.29, 1.82) is 0 Å². The zero-order chi connectivity index (χ0) is 22.5. The standard InChI is InChI=1S/C25H23ClN2O3S/c1-3-17(2)31-22-12-11-18(14-21(22)26)15-23-24(29)28(16-20-10-7-13-30-20)25(32-23)27-19-8-5-4-6-9-19/h4-15,17H,3,16H2,1-2H3. The minimum absolute atomic E-state index is 0.0792. The number of amidine groups is 1. The molecule has 1 aliphatic rings. The predicted molar refractivity (Wildman–Crippen MR) is 130 cm³/mol. The molecule has 1 aliphatic heterocycles. The average Bonchev–Trinajstić information content (AvgIpc) is 3.41. The van der Waals surface area contributed by atoms with Gasteiger partial charge in [0.1, 0.15) is 11.5 Å². The van der Waals surface area contributed by atoms with Crippen molar-refractivity contribution in [2.45, 2.75) is 32.9 Å². The van der Waals surface area contributed by atoms with Gasteiger partial charge in [0.15, 0.2) is 5.17 Å². The lowest BCUT2D eigenvalue weighted by Gasteiger charge is -2.14. The van der Waals surface area contributed by atoms with Gasteiger partial charge in [-0.25, -0.2) is 4.99 Å². The summed E-state index contributed by atoms with van der Waals surface area (Å²) < 4.78 is 11.3. The summed E-state index contributed by atoms with van der Waals surface area (Å²) in [6.45, 7) is 4.37. The Morgan fingerprint density at radius 1 is 1.19 bits per heavy atom. The van der Waals surface area contributed by atoms with E-state index in [1.165, 1.54) is 11.8 Å². The van der Waals surface area contributed by atoms with Crippen LogP contribution < -0.4 is 4.74 Å². The number of benzene rings is 2. The van der Waals surface area contributed by atoms with Crippen LogP contribution in [0.25, 0.3) is 6.08 Å². The summed E-state index contributed by atoms with van der Waals surface area (Å²) in [5, 5.41) is 1.12. The summed E-state index contributed by atoms with van der Waals surface area (Å²) in [6.07, 6.45) is 4.39. The van der Waals surface area contributed by atoms with E-state index in [4.69, 9.17) is 25.7 Å². The number of amides is 1. The lowest BCUT2D eigenvalue weighted by Crippen LogP contribution is -2.28. The van der Waals surface area contributed by atoms with Crippen LogP contribution in [0.5, 0.6) is 5.75 Å². The van der Waals surface area contributed by atoms with Crippen LogP contribution in [0.2, 0.25) is 5.02 Å². The van der Waals surface area contributed by atoms with E-state index in [-0.39, 0.29) is 12.0 Å². The number of nitrogens with zero attached hydrogens (tertiary/aromatic N) is 2. The first kappa shape index (κ1) is 22.2. The molecule has 0 aliphatic carbocycles. The zero-order valence-electron chi connectivity index (χ0n) is 17.8. The van der Waals surface area contributed by atoms with Gasteiger partial charge in [-0.3, -0.25) is 9.69 Å². The number of ether oxygens (including phenoxy) is 1. The van der Waals surface area contributed by atoms with Crippen LogP contribution in [-0.4, -0.2) is 22.1 Å². The number of furan rings is 1. The van der Waals surface area contributed by atoms with Crippen molar-refractivity contribution in [2.24, 2.45) is 4.99 Å². The molecule has 0 spiro atoms. The molecule has 1 atom stereocenters. The summed E-state index contributed by atoms with van der Waals surface area (Å²) in [7, 11) is 0. The third-order valence-corrected chi connectivity index (χ3v) is 6.22. The normalized spacial score (nSPS) is 17.3. The number of halogens is 1. The number of hydrogen-bond acceptors (Lipinski definition) is 5. The molecule has 5 nitrogen and oxygen atoms in total. The van der Waals surface area contributed by atoms with E-state index in [0.717, 1.165) is 17.7 Å². The van der Waals surface area contributed by atoms with Gasteiger partial charge in [0.2, 0.25) is 0 Å². The highest BCUT2D eigenvalue weighted by Gasteiger charge is 2.34. The number of thioether (sulfide) groups is 1. The lowest BCUT2D eigenvalue weighted by molar-refractivity contribution is -0.122. The summed E-state index contributed by atoms with van der Waals surface area (Å²) in [5.74, 6) is 1.20. The first-order valence-corrected chi connectivity index (χ1v) is 11.6. The molecule has 164 valence electrons. The largest absolute Gasteiger partial charge is 0.489 e. The van der Waals surface area contributed by atoms with Gasteiger partial charge in [-0.2, -0.15) is 0 Å². The Morgan fingerprint density at radius 2 is 2.00 bits per heavy atom. The van der Waals surface area contributed by atoms with E-state index in [9.17, 15) is 4.79 Å². The van der Waals surface area contributed by atoms with Crippen molar-refractivity contribution < 1.29 is 13.9 Å². The second-order valence-corrected chi connectivity index (χ2v) is 8.75. The van der Waals surface area contributed by atoms with Crippen LogP contribution in [-0.2, 0) is 11.3 Å². The molecule has 1 saturated heterocycles. The molecule has 0 saturated carbocycles. The van der Waals surface area contributed by atoms with Gasteiger partial charge in [-0.15, -0.1) is 0 Å². The number of para-hydroxylation sites is 1. The summed E-state index contributed by atoms with van der Waals surface area (Å²) in [5.41, 5.74) is 1.60. The summed E-state index contributed by atoms with van der Waals surface area (Å²) in [6, 6.07) is 18.8. The van der Waals surface area contributed by atoms with Crippen molar-refractivity contribution in [3.05, 3.63) is 88.2 Å². The summed E-state index contributed by atoms with van der Waals surface area (Å²) in [4.78, 5) is 20.1. The molecule has 0 radical (unpaired) electrons. The molecule has 32 heavy (non-hydrogen) atoms. The predicted octanol–water partition coefficient (Wildman–Crippen LogP) is 6.91. The van der Waals surface area contributed by atoms with Crippen molar-refractivity contribution in [2.75, 3.05) is 0 Å². The van der Waals surface area contributed by atoms with Crippen molar-refractivity contribution in [1.82, 2.24) is 4.90 Å². The van der Waals surface area contributed by atoms with Gasteiger partial charge in [0.05, 0.1) is 34.5 Å². The molecule has 3 aromatic rings. The second-order valence-electron chi connectivity index (χ2n) is 7.34. The Kier molecular flexibility index (Phi) is 7.02. The van der Waals surface area contributed by atoms with Gasteiger partial charge < -0.3 is 9.15 Å². The first-order valence-electron chi connectivity index (χ1n) is 10.4. The monoisotopic (exact) mass is 466 g/mol. The van der Waals surface area contributed by atoms with E-state index < -0.39 is 0 Å². The van der Waals surface area contributed by atoms with Gasteiger partial charge in [0.25, 0.3) is 5.91 Å². The Balaban J connectivity index is 1.63. The molecule has 4 rings (SSSR count). The zero-order valence-corrected chi connectivity index (χ0v) is 19.4. The highest BCUT2D eigenvalue weighted by atomic mass is 35.5. The van der Waals surface area contributed by atoms with Crippen molar-refractivity contribution >= 4 is 46.2 Å². The third kappa shape index (κ3) is 5.26. The smallest absolute Gasteiger partial charge is 0.267 e. The maximum absolute atomic E-state index is 13.2. The van der Waals surface area contributed by atoms with Crippen LogP contribution in [0.3, 0.4) is 0 Å². The minimum atomic E-state index is -0.128. The van der Waals surface area contributed by atoms with Gasteiger partial charge in [-0.1, -0.05) is 42.8 Å². The number of hydrogen-bond donors (Lipinski definition) is 0. The minimum Gasteiger partial charge on any atom is -0.489 e. The van der Waals surface area contributed by atoms with Crippen molar-refractivity contribution in [3.8, 4) is 5.75 Å². The van der Waals surface area contributed by atoms with E-state index in [1.54, 1.807) is 17.2 Å². The van der Waals surface area contributed by atoms with Gasteiger partial charge in [-0.05, 0) is 73.1 Å². The van der Waals surface area contributed by atoms with E-state index in [2.05, 4.69) is 6.92 Å². The van der Waals surface area contributed by atoms with E-state index in [0.29, 0.717) is 33.1 Å². The quantitative estimate of drug-likeness (QED) is 0.355. The maximum atomic E-state index is 13.2. The molecule has 2 heterocycles. The number of aliphatic imine (C=N–C) groups is 1. The Labute approximate surface area is 196 Å². The van der Waals surface area contributed by atoms with Crippen LogP contribution >= 0.6 is 23.4 Å². The highest BCUT2D eigenvalue weighted by Crippen LogP contribution is 2.36. The molecule has 1 unspecified atom stereocenters. The fourth-order valence-electron chi connectivity index (χ4n) is 3.06. The topological polar surface area (TPSA) is 55.0 Å². The summed E-state index contributed by atoms with van der Waals surface area (Å²) >= 11 is 7.75. The molecule has 7 heteroatoms. The number of rotatable bonds is 7. The Hall–Kier alpha value is -2.96. The van der Waals surface area contributed by atoms with Crippen molar-refractivity contribution in [3.63, 3.8) is 0 Å². The lowest BCUT2D eigenvalue weighted by atomic mass is 10.2. The molecule has 0 N–H and O–H groups in total. The SMILES string of the molecule is CCC(C)Oc1ccc(C=C2SC(=Nc3ccccc3)N(Cc3ccco3)C2=O)cc1Cl. The van der Waals surface area contributed by atoms with E-state index >= 15 is 0 Å². The number of carbonyl (C=O) groups excluding carboxylic acids is 1. The maximum Gasteiger partial charge on any atom is 0.267 e. The molecule has 0 bridgehead atoms. The number of carbonyl (C=O) groups is 1. The fourth-order valence-corrected chi connectivity index (χ4v) is 4.29. The van der Waals surface area contributed by atoms with Gasteiger partial charge in [0, 0.05) is 0 Å². The third-order valence-electron chi connectivity index (χ3n) is 4.92. The molecular formula is C25H23ClN2O3S. The molecule has 1 aromatic heterocycles. The highest BCUT2D eigenvalue weighted by molar-refractivity contribution is 8.18. The van der Waals surface area contributed by atoms with Crippen LogP contribution in [0.4, 0.5) is 5.69 Å². The fraction of sp³-hybridized carbons (Fsp3) is 0.200. The van der Waals surface area contributed by atoms with Crippen LogP contribution in [0.1, 0.15) is 31.6 Å². The molecular weight excluding hydrogens is 444 g/mol. The Bertz CT molecular complexity index is 1140. The van der Waals surface area contributed by atoms with Crippen LogP contribution in [0, 0.1) is 0 Å². The molecule has 1 fully saturated rings. The molecule has 2 aromatic carbocycles. The average molecular weight is 467 g/mol. The molecule has 1 amide bonds.